The fourth-order valence-corrected chi connectivity index (χ4v) is 2.06. The summed E-state index contributed by atoms with van der Waals surface area (Å²) in [6.45, 7) is 0. The second kappa shape index (κ2) is 4.31. The number of benzene rings is 2. The Morgan fingerprint density at radius 3 is 2.68 bits per heavy atom. The predicted molar refractivity (Wildman–Crippen MR) is 71.5 cm³/mol. The van der Waals surface area contributed by atoms with Crippen LogP contribution in [-0.2, 0) is 0 Å². The Morgan fingerprint density at radius 1 is 1.00 bits per heavy atom. The van der Waals surface area contributed by atoms with Crippen molar-refractivity contribution in [2.45, 2.75) is 0 Å². The monoisotopic (exact) mass is 256 g/mol. The number of nitrogens with two attached hydrogens (primary N) is 1. The van der Waals surface area contributed by atoms with Gasteiger partial charge in [-0.15, -0.1) is 0 Å². The van der Waals surface area contributed by atoms with Crippen molar-refractivity contribution in [2.75, 3.05) is 5.73 Å². The Balaban J connectivity index is 2.27. The van der Waals surface area contributed by atoms with Gasteiger partial charge in [-0.25, -0.2) is 8.78 Å². The summed E-state index contributed by atoms with van der Waals surface area (Å²) in [6.07, 6.45) is 1.67. The minimum absolute atomic E-state index is 0.0670. The highest BCUT2D eigenvalue weighted by molar-refractivity contribution is 5.85. The van der Waals surface area contributed by atoms with Crippen LogP contribution >= 0.6 is 0 Å². The minimum Gasteiger partial charge on any atom is -0.396 e. The van der Waals surface area contributed by atoms with Gasteiger partial charge in [0.1, 0.15) is 5.82 Å². The summed E-state index contributed by atoms with van der Waals surface area (Å²) in [5, 5.41) is 0.821. The van der Waals surface area contributed by atoms with E-state index >= 15 is 0 Å². The Kier molecular flexibility index (Phi) is 2.63. The van der Waals surface area contributed by atoms with Crippen LogP contribution in [0.4, 0.5) is 14.5 Å². The molecule has 0 radical (unpaired) electrons. The van der Waals surface area contributed by atoms with Gasteiger partial charge >= 0.3 is 0 Å². The van der Waals surface area contributed by atoms with Gasteiger partial charge in [0.05, 0.1) is 16.8 Å². The molecule has 94 valence electrons. The Hall–Kier alpha value is -2.49. The SMILES string of the molecule is Nc1ccc(F)c(-c2ccc3ncccc3c2)c1F. The number of hydrogen-bond acceptors (Lipinski definition) is 2. The molecule has 1 aromatic heterocycles. The number of hydrogen-bond donors (Lipinski definition) is 1. The van der Waals surface area contributed by atoms with Gasteiger partial charge in [-0.05, 0) is 35.9 Å². The Labute approximate surface area is 108 Å². The van der Waals surface area contributed by atoms with Crippen molar-refractivity contribution in [3.8, 4) is 11.1 Å². The number of fused-ring (bicyclic) bond motifs is 1. The smallest absolute Gasteiger partial charge is 0.156 e. The summed E-state index contributed by atoms with van der Waals surface area (Å²) in [4.78, 5) is 4.17. The lowest BCUT2D eigenvalue weighted by Gasteiger charge is -2.08. The number of nitrogens with zero attached hydrogens (tertiary/aromatic N) is 1. The van der Waals surface area contributed by atoms with Crippen molar-refractivity contribution >= 4 is 16.6 Å². The van der Waals surface area contributed by atoms with E-state index in [0.717, 1.165) is 10.9 Å². The van der Waals surface area contributed by atoms with Crippen molar-refractivity contribution in [1.29, 1.82) is 0 Å². The molecule has 0 spiro atoms. The molecule has 0 saturated heterocycles. The van der Waals surface area contributed by atoms with Gasteiger partial charge in [-0.2, -0.15) is 0 Å². The lowest BCUT2D eigenvalue weighted by atomic mass is 10.0. The van der Waals surface area contributed by atoms with E-state index in [0.29, 0.717) is 5.56 Å². The van der Waals surface area contributed by atoms with Gasteiger partial charge in [0.2, 0.25) is 0 Å². The summed E-state index contributed by atoms with van der Waals surface area (Å²) in [5.41, 5.74) is 6.53. The van der Waals surface area contributed by atoms with Crippen LogP contribution in [0.5, 0.6) is 0 Å². The van der Waals surface area contributed by atoms with Crippen LogP contribution in [0.1, 0.15) is 0 Å². The van der Waals surface area contributed by atoms with Gasteiger partial charge in [0.25, 0.3) is 0 Å². The van der Waals surface area contributed by atoms with Crippen LogP contribution in [0.2, 0.25) is 0 Å². The van der Waals surface area contributed by atoms with E-state index in [2.05, 4.69) is 4.98 Å². The van der Waals surface area contributed by atoms with Crippen molar-refractivity contribution < 1.29 is 8.78 Å². The van der Waals surface area contributed by atoms with Gasteiger partial charge in [-0.3, -0.25) is 4.98 Å². The standard InChI is InChI=1S/C15H10F2N2/c16-11-4-5-12(18)15(17)14(11)10-3-6-13-9(8-10)2-1-7-19-13/h1-8H,18H2. The third-order valence-electron chi connectivity index (χ3n) is 3.01. The molecule has 2 N–H and O–H groups in total. The number of nitrogen functional groups attached to an aromatic ring is 1. The van der Waals surface area contributed by atoms with Crippen molar-refractivity contribution in [3.63, 3.8) is 0 Å². The molecule has 0 unspecified atom stereocenters. The number of halogens is 2. The lowest BCUT2D eigenvalue weighted by Crippen LogP contribution is -1.96. The molecule has 3 aromatic rings. The summed E-state index contributed by atoms with van der Waals surface area (Å²) in [6, 6.07) is 11.1. The van der Waals surface area contributed by atoms with E-state index in [9.17, 15) is 8.78 Å². The zero-order chi connectivity index (χ0) is 13.4. The largest absolute Gasteiger partial charge is 0.396 e. The van der Waals surface area contributed by atoms with E-state index in [1.54, 1.807) is 30.5 Å². The van der Waals surface area contributed by atoms with Gasteiger partial charge in [0.15, 0.2) is 5.82 Å². The molecular formula is C15H10F2N2. The van der Waals surface area contributed by atoms with Crippen LogP contribution in [0.15, 0.2) is 48.7 Å². The molecule has 3 rings (SSSR count). The molecule has 0 aliphatic carbocycles. The molecule has 0 aliphatic rings. The zero-order valence-electron chi connectivity index (χ0n) is 9.90. The van der Waals surface area contributed by atoms with E-state index in [1.165, 1.54) is 12.1 Å². The van der Waals surface area contributed by atoms with Gasteiger partial charge in [-0.1, -0.05) is 12.1 Å². The zero-order valence-corrected chi connectivity index (χ0v) is 9.90. The first-order valence-electron chi connectivity index (χ1n) is 5.75. The minimum atomic E-state index is -0.733. The molecule has 2 nitrogen and oxygen atoms in total. The quantitative estimate of drug-likeness (QED) is 0.673. The highest BCUT2D eigenvalue weighted by Gasteiger charge is 2.14. The predicted octanol–water partition coefficient (Wildman–Crippen LogP) is 3.76. The maximum Gasteiger partial charge on any atom is 0.156 e. The van der Waals surface area contributed by atoms with Crippen LogP contribution in [-0.4, -0.2) is 4.98 Å². The third kappa shape index (κ3) is 1.91. The first kappa shape index (κ1) is 11.6. The molecule has 0 atom stereocenters. The molecule has 19 heavy (non-hydrogen) atoms. The van der Waals surface area contributed by atoms with E-state index in [-0.39, 0.29) is 11.3 Å². The normalized spacial score (nSPS) is 10.8. The maximum absolute atomic E-state index is 14.0. The van der Waals surface area contributed by atoms with Crippen molar-refractivity contribution in [1.82, 2.24) is 4.98 Å². The topological polar surface area (TPSA) is 38.9 Å². The Bertz CT molecular complexity index is 769. The van der Waals surface area contributed by atoms with Crippen LogP contribution in [0.25, 0.3) is 22.0 Å². The fourth-order valence-electron chi connectivity index (χ4n) is 2.06. The number of aromatic nitrogens is 1. The molecule has 0 bridgehead atoms. The third-order valence-corrected chi connectivity index (χ3v) is 3.01. The average Bonchev–Trinajstić information content (AvgIpc) is 2.43. The van der Waals surface area contributed by atoms with E-state index < -0.39 is 11.6 Å². The second-order valence-corrected chi connectivity index (χ2v) is 4.24. The van der Waals surface area contributed by atoms with Crippen LogP contribution < -0.4 is 5.73 Å². The van der Waals surface area contributed by atoms with Crippen molar-refractivity contribution in [2.24, 2.45) is 0 Å². The summed E-state index contributed by atoms with van der Waals surface area (Å²) >= 11 is 0. The molecular weight excluding hydrogens is 246 g/mol. The second-order valence-electron chi connectivity index (χ2n) is 4.24. The van der Waals surface area contributed by atoms with E-state index in [4.69, 9.17) is 5.73 Å². The van der Waals surface area contributed by atoms with Crippen LogP contribution in [0.3, 0.4) is 0 Å². The summed E-state index contributed by atoms with van der Waals surface area (Å²) < 4.78 is 27.8. The fraction of sp³-hybridized carbons (Fsp3) is 0. The summed E-state index contributed by atoms with van der Waals surface area (Å²) in [5.74, 6) is -1.36. The molecule has 2 aromatic carbocycles. The highest BCUT2D eigenvalue weighted by Crippen LogP contribution is 2.30. The highest BCUT2D eigenvalue weighted by atomic mass is 19.1. The lowest BCUT2D eigenvalue weighted by molar-refractivity contribution is 0.592. The van der Waals surface area contributed by atoms with Crippen molar-refractivity contribution in [3.05, 3.63) is 60.3 Å². The molecule has 0 fully saturated rings. The number of anilines is 1. The molecule has 0 amide bonds. The first-order valence-corrected chi connectivity index (χ1v) is 5.75. The number of pyridine rings is 1. The molecule has 0 aliphatic heterocycles. The molecule has 0 saturated carbocycles. The number of rotatable bonds is 1. The summed E-state index contributed by atoms with van der Waals surface area (Å²) in [7, 11) is 0. The first-order chi connectivity index (χ1) is 9.16. The molecule has 1 heterocycles. The van der Waals surface area contributed by atoms with Gasteiger partial charge < -0.3 is 5.73 Å². The average molecular weight is 256 g/mol. The van der Waals surface area contributed by atoms with E-state index in [1.807, 2.05) is 6.07 Å². The molecule has 4 heteroatoms. The Morgan fingerprint density at radius 2 is 1.84 bits per heavy atom. The maximum atomic E-state index is 14.0. The van der Waals surface area contributed by atoms with Gasteiger partial charge in [0, 0.05) is 11.6 Å². The van der Waals surface area contributed by atoms with Crippen LogP contribution in [0, 0.1) is 11.6 Å².